The first kappa shape index (κ1) is 16.5. The van der Waals surface area contributed by atoms with Gasteiger partial charge in [-0.2, -0.15) is 0 Å². The second kappa shape index (κ2) is 7.02. The Balaban J connectivity index is 1.62. The molecule has 0 spiro atoms. The van der Waals surface area contributed by atoms with E-state index >= 15 is 0 Å². The molecule has 23 heavy (non-hydrogen) atoms. The minimum atomic E-state index is -0.362. The summed E-state index contributed by atoms with van der Waals surface area (Å²) < 4.78 is 0. The number of rotatable bonds is 6. The number of carbonyl (C=O) groups is 1. The van der Waals surface area contributed by atoms with Crippen LogP contribution in [0.15, 0.2) is 30.3 Å². The minimum Gasteiger partial charge on any atom is -0.334 e. The van der Waals surface area contributed by atoms with E-state index in [1.807, 2.05) is 13.8 Å². The molecule has 1 saturated carbocycles. The van der Waals surface area contributed by atoms with Gasteiger partial charge in [-0.3, -0.25) is 9.69 Å². The third kappa shape index (κ3) is 3.93. The first-order valence-electron chi connectivity index (χ1n) is 8.90. The molecule has 1 aliphatic carbocycles. The summed E-state index contributed by atoms with van der Waals surface area (Å²) in [6.45, 7) is 7.07. The van der Waals surface area contributed by atoms with E-state index in [1.54, 1.807) is 0 Å². The number of hydrogen-bond acceptors (Lipinski definition) is 3. The molecule has 1 heterocycles. The van der Waals surface area contributed by atoms with Crippen molar-refractivity contribution in [2.75, 3.05) is 13.1 Å². The molecule has 4 nitrogen and oxygen atoms in total. The van der Waals surface area contributed by atoms with Crippen molar-refractivity contribution < 1.29 is 4.79 Å². The van der Waals surface area contributed by atoms with Crippen molar-refractivity contribution in [3.05, 3.63) is 35.9 Å². The summed E-state index contributed by atoms with van der Waals surface area (Å²) in [5, 5.41) is 0. The molecular formula is C19H29N3O. The number of benzene rings is 1. The van der Waals surface area contributed by atoms with Crippen LogP contribution in [-0.4, -0.2) is 46.9 Å². The van der Waals surface area contributed by atoms with Gasteiger partial charge in [0.15, 0.2) is 0 Å². The van der Waals surface area contributed by atoms with Gasteiger partial charge in [-0.15, -0.1) is 0 Å². The van der Waals surface area contributed by atoms with Crippen molar-refractivity contribution >= 4 is 5.91 Å². The van der Waals surface area contributed by atoms with Gasteiger partial charge < -0.3 is 10.6 Å². The molecule has 1 aromatic rings. The standard InChI is InChI=1S/C19H29N3O/c1-14(2)18(20)19(23)22(16-8-9-16)17-10-11-21(13-17)12-15-6-4-3-5-7-15/h3-7,14,16-18H,8-13,20H2,1-2H3/t17-,18+/m1/s1. The van der Waals surface area contributed by atoms with Crippen molar-refractivity contribution in [2.45, 2.75) is 57.8 Å². The number of nitrogens with two attached hydrogens (primary N) is 1. The smallest absolute Gasteiger partial charge is 0.240 e. The summed E-state index contributed by atoms with van der Waals surface area (Å²) in [4.78, 5) is 17.4. The monoisotopic (exact) mass is 315 g/mol. The molecule has 126 valence electrons. The van der Waals surface area contributed by atoms with Gasteiger partial charge in [0, 0.05) is 31.7 Å². The van der Waals surface area contributed by atoms with Gasteiger partial charge in [0.1, 0.15) is 0 Å². The van der Waals surface area contributed by atoms with Crippen molar-refractivity contribution in [1.82, 2.24) is 9.80 Å². The van der Waals surface area contributed by atoms with Crippen LogP contribution < -0.4 is 5.73 Å². The average Bonchev–Trinajstić information content (AvgIpc) is 3.27. The SMILES string of the molecule is CC(C)[C@H](N)C(=O)N(C1CC1)[C@@H]1CCN(Cc2ccccc2)C1. The maximum Gasteiger partial charge on any atom is 0.240 e. The molecule has 0 radical (unpaired) electrons. The van der Waals surface area contributed by atoms with E-state index in [4.69, 9.17) is 5.73 Å². The lowest BCUT2D eigenvalue weighted by atomic mass is 10.0. The van der Waals surface area contributed by atoms with Gasteiger partial charge in [0.2, 0.25) is 5.91 Å². The minimum absolute atomic E-state index is 0.161. The predicted octanol–water partition coefficient (Wildman–Crippen LogP) is 2.24. The van der Waals surface area contributed by atoms with Crippen molar-refractivity contribution in [3.63, 3.8) is 0 Å². The van der Waals surface area contributed by atoms with Crippen LogP contribution >= 0.6 is 0 Å². The van der Waals surface area contributed by atoms with Gasteiger partial charge in [0.25, 0.3) is 0 Å². The van der Waals surface area contributed by atoms with Gasteiger partial charge in [-0.1, -0.05) is 44.2 Å². The highest BCUT2D eigenvalue weighted by atomic mass is 16.2. The first-order chi connectivity index (χ1) is 11.1. The molecule has 1 saturated heterocycles. The Hall–Kier alpha value is -1.39. The molecule has 1 aliphatic heterocycles. The number of hydrogen-bond donors (Lipinski definition) is 1. The quantitative estimate of drug-likeness (QED) is 0.876. The highest BCUT2D eigenvalue weighted by Gasteiger charge is 2.41. The van der Waals surface area contributed by atoms with E-state index in [1.165, 1.54) is 5.56 Å². The average molecular weight is 315 g/mol. The van der Waals surface area contributed by atoms with Gasteiger partial charge >= 0.3 is 0 Å². The summed E-state index contributed by atoms with van der Waals surface area (Å²) in [5.41, 5.74) is 7.49. The van der Waals surface area contributed by atoms with Gasteiger partial charge in [-0.05, 0) is 30.7 Å². The van der Waals surface area contributed by atoms with E-state index in [9.17, 15) is 4.79 Å². The molecule has 4 heteroatoms. The number of amides is 1. The zero-order valence-electron chi connectivity index (χ0n) is 14.3. The fourth-order valence-electron chi connectivity index (χ4n) is 3.49. The maximum absolute atomic E-state index is 12.8. The number of likely N-dealkylation sites (tertiary alicyclic amines) is 1. The van der Waals surface area contributed by atoms with Crippen molar-refractivity contribution in [3.8, 4) is 0 Å². The summed E-state index contributed by atoms with van der Waals surface area (Å²) in [7, 11) is 0. The maximum atomic E-state index is 12.8. The second-order valence-corrected chi connectivity index (χ2v) is 7.41. The Kier molecular flexibility index (Phi) is 5.02. The predicted molar refractivity (Wildman–Crippen MR) is 92.8 cm³/mol. The van der Waals surface area contributed by atoms with E-state index < -0.39 is 0 Å². The molecule has 2 N–H and O–H groups in total. The first-order valence-corrected chi connectivity index (χ1v) is 8.90. The highest BCUT2D eigenvalue weighted by Crippen LogP contribution is 2.32. The molecular weight excluding hydrogens is 286 g/mol. The Bertz CT molecular complexity index is 527. The van der Waals surface area contributed by atoms with E-state index in [0.717, 1.165) is 38.9 Å². The molecule has 1 aromatic carbocycles. The van der Waals surface area contributed by atoms with Crippen LogP contribution in [-0.2, 0) is 11.3 Å². The zero-order valence-corrected chi connectivity index (χ0v) is 14.3. The molecule has 2 atom stereocenters. The van der Waals surface area contributed by atoms with Gasteiger partial charge in [0.05, 0.1) is 6.04 Å². The third-order valence-corrected chi connectivity index (χ3v) is 5.09. The highest BCUT2D eigenvalue weighted by molar-refractivity contribution is 5.83. The van der Waals surface area contributed by atoms with Crippen LogP contribution in [0.5, 0.6) is 0 Å². The molecule has 0 aromatic heterocycles. The van der Waals surface area contributed by atoms with E-state index in [-0.39, 0.29) is 17.9 Å². The Morgan fingerprint density at radius 1 is 1.22 bits per heavy atom. The molecule has 2 fully saturated rings. The third-order valence-electron chi connectivity index (χ3n) is 5.09. The molecule has 3 rings (SSSR count). The molecule has 2 aliphatic rings. The lowest BCUT2D eigenvalue weighted by Gasteiger charge is -2.32. The molecule has 0 bridgehead atoms. The Labute approximate surface area is 139 Å². The van der Waals surface area contributed by atoms with Crippen LogP contribution in [0.4, 0.5) is 0 Å². The molecule has 1 amide bonds. The summed E-state index contributed by atoms with van der Waals surface area (Å²) >= 11 is 0. The van der Waals surface area contributed by atoms with E-state index in [0.29, 0.717) is 12.1 Å². The zero-order chi connectivity index (χ0) is 16.4. The largest absolute Gasteiger partial charge is 0.334 e. The summed E-state index contributed by atoms with van der Waals surface area (Å²) in [5.74, 6) is 0.361. The second-order valence-electron chi connectivity index (χ2n) is 7.41. The van der Waals surface area contributed by atoms with E-state index in [2.05, 4.69) is 40.1 Å². The number of nitrogens with zero attached hydrogens (tertiary/aromatic N) is 2. The summed E-state index contributed by atoms with van der Waals surface area (Å²) in [6.07, 6.45) is 3.36. The fraction of sp³-hybridized carbons (Fsp3) is 0.632. The van der Waals surface area contributed by atoms with Gasteiger partial charge in [-0.25, -0.2) is 0 Å². The Morgan fingerprint density at radius 2 is 1.91 bits per heavy atom. The lowest BCUT2D eigenvalue weighted by molar-refractivity contribution is -0.136. The van der Waals surface area contributed by atoms with Crippen LogP contribution in [0.25, 0.3) is 0 Å². The number of carbonyl (C=O) groups excluding carboxylic acids is 1. The Morgan fingerprint density at radius 3 is 2.52 bits per heavy atom. The van der Waals surface area contributed by atoms with Crippen LogP contribution in [0, 0.1) is 5.92 Å². The van der Waals surface area contributed by atoms with Crippen LogP contribution in [0.3, 0.4) is 0 Å². The molecule has 0 unspecified atom stereocenters. The van der Waals surface area contributed by atoms with Crippen molar-refractivity contribution in [2.24, 2.45) is 11.7 Å². The summed E-state index contributed by atoms with van der Waals surface area (Å²) in [6, 6.07) is 11.0. The van der Waals surface area contributed by atoms with Crippen molar-refractivity contribution in [1.29, 1.82) is 0 Å². The van der Waals surface area contributed by atoms with Crippen LogP contribution in [0.1, 0.15) is 38.7 Å². The fourth-order valence-corrected chi connectivity index (χ4v) is 3.49. The van der Waals surface area contributed by atoms with Crippen LogP contribution in [0.2, 0.25) is 0 Å². The normalized spacial score (nSPS) is 23.2. The topological polar surface area (TPSA) is 49.6 Å². The lowest BCUT2D eigenvalue weighted by Crippen LogP contribution is -2.52.